The van der Waals surface area contributed by atoms with Crippen LogP contribution in [0.1, 0.15) is 106 Å². The fraction of sp³-hybridized carbons (Fsp3) is 0.447. The van der Waals surface area contributed by atoms with Gasteiger partial charge in [0, 0.05) is 5.92 Å². The van der Waals surface area contributed by atoms with Crippen LogP contribution < -0.4 is 10.4 Å². The minimum atomic E-state index is 0.568. The Balaban J connectivity index is 1.20. The van der Waals surface area contributed by atoms with Gasteiger partial charge in [-0.15, -0.1) is 0 Å². The number of hydrogen-bond donors (Lipinski definition) is 0. The second-order valence-electron chi connectivity index (χ2n) is 16.2. The lowest BCUT2D eigenvalue weighted by molar-refractivity contribution is 0.108. The molecule has 0 aliphatic heterocycles. The molecular formula is C47H56. The number of aryl methyl sites for hydroxylation is 2. The summed E-state index contributed by atoms with van der Waals surface area (Å²) in [5, 5.41) is 3.03. The molecule has 1 atom stereocenters. The van der Waals surface area contributed by atoms with Crippen LogP contribution in [0.25, 0.3) is 34.4 Å². The highest BCUT2D eigenvalue weighted by Gasteiger charge is 2.39. The molecule has 0 N–H and O–H groups in total. The molecule has 2 fully saturated rings. The summed E-state index contributed by atoms with van der Waals surface area (Å²) >= 11 is 0. The van der Waals surface area contributed by atoms with Crippen molar-refractivity contribution in [2.45, 2.75) is 99.3 Å². The first kappa shape index (κ1) is 32.2. The first-order valence-corrected chi connectivity index (χ1v) is 18.7. The van der Waals surface area contributed by atoms with E-state index in [0.717, 1.165) is 42.9 Å². The van der Waals surface area contributed by atoms with E-state index in [-0.39, 0.29) is 0 Å². The molecule has 0 amide bonds. The summed E-state index contributed by atoms with van der Waals surface area (Å²) in [6.07, 6.45) is 16.6. The van der Waals surface area contributed by atoms with Crippen molar-refractivity contribution in [1.29, 1.82) is 0 Å². The van der Waals surface area contributed by atoms with E-state index in [1.54, 1.807) is 10.8 Å². The van der Waals surface area contributed by atoms with Crippen LogP contribution in [-0.4, -0.2) is 0 Å². The second kappa shape index (κ2) is 12.9. The van der Waals surface area contributed by atoms with Crippen molar-refractivity contribution in [2.75, 3.05) is 0 Å². The quantitative estimate of drug-likeness (QED) is 0.209. The van der Waals surface area contributed by atoms with Gasteiger partial charge in [-0.05, 0) is 169 Å². The average Bonchev–Trinajstić information content (AvgIpc) is 3.63. The molecular weight excluding hydrogens is 565 g/mol. The molecule has 4 aliphatic rings. The van der Waals surface area contributed by atoms with E-state index in [4.69, 9.17) is 0 Å². The largest absolute Gasteiger partial charge is 0.0998 e. The zero-order chi connectivity index (χ0) is 33.0. The number of hydrogen-bond acceptors (Lipinski definition) is 0. The van der Waals surface area contributed by atoms with Gasteiger partial charge in [0.2, 0.25) is 0 Å². The molecule has 0 heterocycles. The van der Waals surface area contributed by atoms with E-state index in [1.807, 2.05) is 0 Å². The second-order valence-corrected chi connectivity index (χ2v) is 16.2. The molecule has 4 aliphatic carbocycles. The lowest BCUT2D eigenvalue weighted by Crippen LogP contribution is -2.34. The summed E-state index contributed by atoms with van der Waals surface area (Å²) in [5.41, 5.74) is 17.1. The highest BCUT2D eigenvalue weighted by Crippen LogP contribution is 2.50. The predicted molar refractivity (Wildman–Crippen MR) is 204 cm³/mol. The summed E-state index contributed by atoms with van der Waals surface area (Å²) in [4.78, 5) is 0. The molecule has 0 bridgehead atoms. The van der Waals surface area contributed by atoms with E-state index in [2.05, 4.69) is 115 Å². The third-order valence-corrected chi connectivity index (χ3v) is 12.6. The fourth-order valence-electron chi connectivity index (χ4n) is 9.69. The Morgan fingerprint density at radius 2 is 1.57 bits per heavy atom. The van der Waals surface area contributed by atoms with Crippen molar-refractivity contribution in [3.63, 3.8) is 0 Å². The van der Waals surface area contributed by atoms with Gasteiger partial charge < -0.3 is 0 Å². The Kier molecular flexibility index (Phi) is 8.84. The lowest BCUT2D eigenvalue weighted by Gasteiger charge is -2.44. The molecule has 0 saturated heterocycles. The number of rotatable bonds is 9. The van der Waals surface area contributed by atoms with Crippen molar-refractivity contribution in [3.8, 4) is 11.1 Å². The summed E-state index contributed by atoms with van der Waals surface area (Å²) < 4.78 is 0. The van der Waals surface area contributed by atoms with Gasteiger partial charge in [-0.3, -0.25) is 0 Å². The van der Waals surface area contributed by atoms with E-state index < -0.39 is 0 Å². The predicted octanol–water partition coefficient (Wildman–Crippen LogP) is 11.2. The van der Waals surface area contributed by atoms with Gasteiger partial charge in [-0.25, -0.2) is 0 Å². The summed E-state index contributed by atoms with van der Waals surface area (Å²) in [6.45, 7) is 22.4. The molecule has 0 aromatic heterocycles. The summed E-state index contributed by atoms with van der Waals surface area (Å²) in [5.74, 6) is 4.62. The molecule has 47 heavy (non-hydrogen) atoms. The molecule has 0 nitrogen and oxygen atoms in total. The van der Waals surface area contributed by atoms with Crippen LogP contribution >= 0.6 is 0 Å². The molecule has 244 valence electrons. The van der Waals surface area contributed by atoms with Crippen LogP contribution in [0.5, 0.6) is 0 Å². The standard InChI is InChI=1S/C47H56/c1-9-31(7)38-22-39(23-38)33-14-16-35(17-15-33)46-42(29(4)5)26-37-19-18-36(25-44(37)46)40-24-41-21-32(8)43(20-28(2)3)47(45(41)27-40)34-12-10-30(6)11-13-34/h10-13,18-19,21,24-26,29,33,35,38-39,42H,2,7,9,14-17,20,22-23,27H2,1,3-6,8H3. The Labute approximate surface area is 285 Å². The van der Waals surface area contributed by atoms with Crippen LogP contribution in [0, 0.1) is 49.4 Å². The zero-order valence-electron chi connectivity index (χ0n) is 30.0. The SMILES string of the molecule is C=C(C)Cc1c(C)cc2c(c1-c1ccc(C)cc1)CC(c1ccc3c(c1)=C(C1CCC(C4CC(C(=C)CC)C4)CC1)C(C(C)C)C=3)=C2. The van der Waals surface area contributed by atoms with Gasteiger partial charge >= 0.3 is 0 Å². The van der Waals surface area contributed by atoms with Gasteiger partial charge in [-0.2, -0.15) is 0 Å². The maximum atomic E-state index is 4.36. The van der Waals surface area contributed by atoms with Crippen molar-refractivity contribution in [1.82, 2.24) is 0 Å². The minimum Gasteiger partial charge on any atom is -0.0998 e. The topological polar surface area (TPSA) is 0 Å². The normalized spacial score (nSPS) is 24.8. The van der Waals surface area contributed by atoms with Crippen LogP contribution in [0.15, 0.2) is 72.8 Å². The van der Waals surface area contributed by atoms with Crippen molar-refractivity contribution in [2.24, 2.45) is 35.5 Å². The maximum absolute atomic E-state index is 4.36. The van der Waals surface area contributed by atoms with E-state index in [0.29, 0.717) is 11.8 Å². The van der Waals surface area contributed by atoms with Gasteiger partial charge in [0.05, 0.1) is 0 Å². The first-order chi connectivity index (χ1) is 22.6. The summed E-state index contributed by atoms with van der Waals surface area (Å²) in [7, 11) is 0. The molecule has 1 unspecified atom stereocenters. The van der Waals surface area contributed by atoms with Gasteiger partial charge in [0.25, 0.3) is 0 Å². The Morgan fingerprint density at radius 1 is 0.872 bits per heavy atom. The number of fused-ring (bicyclic) bond motifs is 2. The minimum absolute atomic E-state index is 0.568. The van der Waals surface area contributed by atoms with Crippen LogP contribution in [0.2, 0.25) is 0 Å². The first-order valence-electron chi connectivity index (χ1n) is 18.7. The highest BCUT2D eigenvalue weighted by atomic mass is 14.4. The van der Waals surface area contributed by atoms with Crippen molar-refractivity contribution < 1.29 is 0 Å². The third-order valence-electron chi connectivity index (χ3n) is 12.6. The number of benzene rings is 3. The Hall–Kier alpha value is -3.38. The van der Waals surface area contributed by atoms with Crippen molar-refractivity contribution >= 4 is 23.3 Å². The molecule has 0 radical (unpaired) electrons. The molecule has 0 spiro atoms. The fourth-order valence-corrected chi connectivity index (χ4v) is 9.69. The van der Waals surface area contributed by atoms with E-state index in [9.17, 15) is 0 Å². The third kappa shape index (κ3) is 6.07. The molecule has 7 rings (SSSR count). The molecule has 3 aromatic rings. The van der Waals surface area contributed by atoms with Crippen molar-refractivity contribution in [3.05, 3.63) is 117 Å². The summed E-state index contributed by atoms with van der Waals surface area (Å²) in [6, 6.07) is 19.0. The average molecular weight is 621 g/mol. The van der Waals surface area contributed by atoms with Crippen LogP contribution in [0.4, 0.5) is 0 Å². The van der Waals surface area contributed by atoms with Gasteiger partial charge in [-0.1, -0.05) is 111 Å². The van der Waals surface area contributed by atoms with Crippen LogP contribution in [0.3, 0.4) is 0 Å². The maximum Gasteiger partial charge on any atom is 0.00210 e. The molecule has 2 saturated carbocycles. The van der Waals surface area contributed by atoms with Gasteiger partial charge in [0.1, 0.15) is 0 Å². The molecule has 3 aromatic carbocycles. The Morgan fingerprint density at radius 3 is 2.23 bits per heavy atom. The highest BCUT2D eigenvalue weighted by molar-refractivity contribution is 5.93. The zero-order valence-corrected chi connectivity index (χ0v) is 30.0. The van der Waals surface area contributed by atoms with E-state index >= 15 is 0 Å². The van der Waals surface area contributed by atoms with E-state index in [1.165, 1.54) is 105 Å². The Bertz CT molecular complexity index is 1860. The lowest BCUT2D eigenvalue weighted by atomic mass is 9.61. The monoisotopic (exact) mass is 620 g/mol. The number of allylic oxidation sites excluding steroid dienone is 3. The van der Waals surface area contributed by atoms with Gasteiger partial charge in [0.15, 0.2) is 0 Å². The van der Waals surface area contributed by atoms with Crippen LogP contribution in [-0.2, 0) is 12.8 Å². The molecule has 0 heteroatoms. The smallest absolute Gasteiger partial charge is 0.00210 e.